The highest BCUT2D eigenvalue weighted by atomic mass is 16.5. The summed E-state index contributed by atoms with van der Waals surface area (Å²) in [5.41, 5.74) is 2.95. The molecule has 0 aliphatic carbocycles. The van der Waals surface area contributed by atoms with Crippen LogP contribution in [0.25, 0.3) is 11.0 Å². The van der Waals surface area contributed by atoms with Gasteiger partial charge in [-0.2, -0.15) is 0 Å². The third kappa shape index (κ3) is 3.79. The van der Waals surface area contributed by atoms with Gasteiger partial charge >= 0.3 is 0 Å². The Kier molecular flexibility index (Phi) is 4.92. The molecule has 5 heteroatoms. The predicted octanol–water partition coefficient (Wildman–Crippen LogP) is 1.09. The number of quaternary nitrogens is 1. The Labute approximate surface area is 143 Å². The molecular weight excluding hydrogens is 304 g/mol. The average Bonchev–Trinajstić information content (AvgIpc) is 2.96. The van der Waals surface area contributed by atoms with E-state index >= 15 is 0 Å². The molecular formula is C19H27N2O3+. The lowest BCUT2D eigenvalue weighted by atomic mass is 10.0. The summed E-state index contributed by atoms with van der Waals surface area (Å²) in [6.45, 7) is 10.7. The molecule has 1 aliphatic rings. The van der Waals surface area contributed by atoms with Crippen molar-refractivity contribution < 1.29 is 18.8 Å². The molecule has 0 radical (unpaired) electrons. The summed E-state index contributed by atoms with van der Waals surface area (Å²) in [7, 11) is 0. The maximum Gasteiger partial charge on any atom is 0.224 e. The molecule has 0 unspecified atom stereocenters. The smallest absolute Gasteiger partial charge is 0.224 e. The molecule has 1 fully saturated rings. The van der Waals surface area contributed by atoms with Crippen LogP contribution in [-0.2, 0) is 16.0 Å². The number of hydrogen-bond donors (Lipinski definition) is 2. The minimum atomic E-state index is 0.00894. The van der Waals surface area contributed by atoms with Gasteiger partial charge in [0.1, 0.15) is 24.2 Å². The number of amides is 1. The fourth-order valence-corrected chi connectivity index (χ4v) is 3.30. The van der Waals surface area contributed by atoms with Crippen molar-refractivity contribution in [1.29, 1.82) is 0 Å². The van der Waals surface area contributed by atoms with Crippen LogP contribution in [0.1, 0.15) is 25.0 Å². The number of carbonyl (C=O) groups excluding carboxylic acids is 1. The zero-order valence-electron chi connectivity index (χ0n) is 14.8. The van der Waals surface area contributed by atoms with Crippen LogP contribution in [0.2, 0.25) is 0 Å². The monoisotopic (exact) mass is 331 g/mol. The number of morpholine rings is 1. The molecule has 2 heterocycles. The van der Waals surface area contributed by atoms with E-state index < -0.39 is 0 Å². The highest BCUT2D eigenvalue weighted by Gasteiger charge is 2.32. The molecule has 2 aromatic rings. The van der Waals surface area contributed by atoms with Gasteiger partial charge < -0.3 is 19.4 Å². The first kappa shape index (κ1) is 17.0. The lowest BCUT2D eigenvalue weighted by Crippen LogP contribution is -3.22. The van der Waals surface area contributed by atoms with E-state index in [1.807, 2.05) is 25.1 Å². The number of carbonyl (C=O) groups is 1. The highest BCUT2D eigenvalue weighted by Crippen LogP contribution is 2.22. The maximum atomic E-state index is 12.4. The van der Waals surface area contributed by atoms with E-state index in [1.54, 1.807) is 6.26 Å². The third-order valence-corrected chi connectivity index (χ3v) is 4.94. The van der Waals surface area contributed by atoms with Crippen LogP contribution in [0, 0.1) is 6.92 Å². The Morgan fingerprint density at radius 3 is 2.79 bits per heavy atom. The van der Waals surface area contributed by atoms with E-state index in [4.69, 9.17) is 9.15 Å². The summed E-state index contributed by atoms with van der Waals surface area (Å²) in [6, 6.07) is 6.07. The van der Waals surface area contributed by atoms with Crippen LogP contribution >= 0.6 is 0 Å². The van der Waals surface area contributed by atoms with Crippen LogP contribution in [0.4, 0.5) is 0 Å². The predicted molar refractivity (Wildman–Crippen MR) is 93.3 cm³/mol. The van der Waals surface area contributed by atoms with E-state index in [2.05, 4.69) is 19.2 Å². The molecule has 0 saturated carbocycles. The van der Waals surface area contributed by atoms with E-state index in [0.717, 1.165) is 48.4 Å². The Balaban J connectivity index is 1.58. The molecule has 0 atom stereocenters. The molecule has 2 N–H and O–H groups in total. The van der Waals surface area contributed by atoms with Gasteiger partial charge in [0.2, 0.25) is 5.91 Å². The number of benzene rings is 1. The van der Waals surface area contributed by atoms with Crippen molar-refractivity contribution in [1.82, 2.24) is 5.32 Å². The van der Waals surface area contributed by atoms with Gasteiger partial charge in [-0.25, -0.2) is 0 Å². The molecule has 1 aromatic carbocycles. The SMILES string of the molecule is Cc1ccc2c(CC(=O)NCC(C)(C)[NH+]3CCOCC3)coc2c1. The third-order valence-electron chi connectivity index (χ3n) is 4.94. The van der Waals surface area contributed by atoms with Gasteiger partial charge in [0.25, 0.3) is 0 Å². The molecule has 0 bridgehead atoms. The average molecular weight is 331 g/mol. The number of ether oxygens (including phenoxy) is 1. The van der Waals surface area contributed by atoms with Gasteiger partial charge in [0, 0.05) is 10.9 Å². The van der Waals surface area contributed by atoms with Crippen LogP contribution < -0.4 is 10.2 Å². The molecule has 1 aromatic heterocycles. The summed E-state index contributed by atoms with van der Waals surface area (Å²) >= 11 is 0. The summed E-state index contributed by atoms with van der Waals surface area (Å²) in [6.07, 6.45) is 2.05. The van der Waals surface area contributed by atoms with Gasteiger partial charge in [-0.3, -0.25) is 4.79 Å². The first-order valence-electron chi connectivity index (χ1n) is 8.62. The first-order chi connectivity index (χ1) is 11.5. The number of nitrogens with one attached hydrogen (secondary N) is 2. The number of fused-ring (bicyclic) bond motifs is 1. The fourth-order valence-electron chi connectivity index (χ4n) is 3.30. The lowest BCUT2D eigenvalue weighted by Gasteiger charge is -2.37. The summed E-state index contributed by atoms with van der Waals surface area (Å²) in [5.74, 6) is 0.0407. The van der Waals surface area contributed by atoms with Crippen molar-refractivity contribution in [3.05, 3.63) is 35.6 Å². The molecule has 130 valence electrons. The second kappa shape index (κ2) is 6.95. The fraction of sp³-hybridized carbons (Fsp3) is 0.526. The van der Waals surface area contributed by atoms with Crippen molar-refractivity contribution in [2.24, 2.45) is 0 Å². The van der Waals surface area contributed by atoms with Crippen molar-refractivity contribution in [3.8, 4) is 0 Å². The van der Waals surface area contributed by atoms with Gasteiger partial charge in [-0.1, -0.05) is 12.1 Å². The summed E-state index contributed by atoms with van der Waals surface area (Å²) in [4.78, 5) is 13.8. The number of aryl methyl sites for hydroxylation is 1. The van der Waals surface area contributed by atoms with E-state index in [0.29, 0.717) is 13.0 Å². The molecule has 1 saturated heterocycles. The van der Waals surface area contributed by atoms with Crippen molar-refractivity contribution in [2.45, 2.75) is 32.7 Å². The quantitative estimate of drug-likeness (QED) is 0.862. The number of hydrogen-bond acceptors (Lipinski definition) is 3. The zero-order chi connectivity index (χ0) is 17.2. The topological polar surface area (TPSA) is 55.9 Å². The molecule has 5 nitrogen and oxygen atoms in total. The van der Waals surface area contributed by atoms with E-state index in [9.17, 15) is 4.79 Å². The second-order valence-corrected chi connectivity index (χ2v) is 7.31. The second-order valence-electron chi connectivity index (χ2n) is 7.31. The lowest BCUT2D eigenvalue weighted by molar-refractivity contribution is -0.954. The molecule has 3 rings (SSSR count). The van der Waals surface area contributed by atoms with Gasteiger partial charge in [0.05, 0.1) is 32.4 Å². The van der Waals surface area contributed by atoms with Crippen LogP contribution in [0.15, 0.2) is 28.9 Å². The first-order valence-corrected chi connectivity index (χ1v) is 8.62. The van der Waals surface area contributed by atoms with Gasteiger partial charge in [-0.15, -0.1) is 0 Å². The van der Waals surface area contributed by atoms with Crippen LogP contribution in [0.5, 0.6) is 0 Å². The Morgan fingerprint density at radius 1 is 1.29 bits per heavy atom. The molecule has 0 spiro atoms. The minimum absolute atomic E-state index is 0.00894. The number of furan rings is 1. The molecule has 1 aliphatic heterocycles. The summed E-state index contributed by atoms with van der Waals surface area (Å²) in [5, 5.41) is 4.11. The van der Waals surface area contributed by atoms with E-state index in [-0.39, 0.29) is 11.4 Å². The molecule has 24 heavy (non-hydrogen) atoms. The Bertz CT molecular complexity index is 714. The van der Waals surface area contributed by atoms with Crippen LogP contribution in [-0.4, -0.2) is 44.3 Å². The van der Waals surface area contributed by atoms with Crippen molar-refractivity contribution in [3.63, 3.8) is 0 Å². The Morgan fingerprint density at radius 2 is 2.04 bits per heavy atom. The number of rotatable bonds is 5. The minimum Gasteiger partial charge on any atom is -0.464 e. The standard InChI is InChI=1S/C19H26N2O3/c1-14-4-5-16-15(12-24-17(16)10-14)11-18(22)20-13-19(2,3)21-6-8-23-9-7-21/h4-5,10,12H,6-9,11,13H2,1-3H3,(H,20,22)/p+1. The maximum absolute atomic E-state index is 12.4. The normalized spacial score (nSPS) is 16.5. The largest absolute Gasteiger partial charge is 0.464 e. The van der Waals surface area contributed by atoms with Gasteiger partial charge in [0.15, 0.2) is 0 Å². The Hall–Kier alpha value is -1.85. The van der Waals surface area contributed by atoms with Gasteiger partial charge in [-0.05, 0) is 32.4 Å². The van der Waals surface area contributed by atoms with Crippen molar-refractivity contribution >= 4 is 16.9 Å². The van der Waals surface area contributed by atoms with Crippen molar-refractivity contribution in [2.75, 3.05) is 32.8 Å². The highest BCUT2D eigenvalue weighted by molar-refractivity contribution is 5.87. The van der Waals surface area contributed by atoms with E-state index in [1.165, 1.54) is 4.90 Å². The van der Waals surface area contributed by atoms with Crippen LogP contribution in [0.3, 0.4) is 0 Å². The summed E-state index contributed by atoms with van der Waals surface area (Å²) < 4.78 is 11.0. The zero-order valence-corrected chi connectivity index (χ0v) is 14.8. The molecule has 1 amide bonds.